The van der Waals surface area contributed by atoms with E-state index in [9.17, 15) is 9.59 Å². The van der Waals surface area contributed by atoms with Crippen LogP contribution in [-0.4, -0.2) is 21.3 Å². The van der Waals surface area contributed by atoms with Crippen LogP contribution in [0.1, 0.15) is 10.4 Å². The van der Waals surface area contributed by atoms with E-state index in [-0.39, 0.29) is 11.5 Å². The van der Waals surface area contributed by atoms with Crippen molar-refractivity contribution in [2.75, 3.05) is 5.43 Å². The molecular formula is C8H6N6O2. The molecule has 0 saturated carbocycles. The van der Waals surface area contributed by atoms with Crippen LogP contribution >= 0.6 is 0 Å². The molecule has 0 spiro atoms. The molecule has 2 aromatic rings. The fourth-order valence-corrected chi connectivity index (χ4v) is 1.55. The number of amides is 1. The first-order valence-corrected chi connectivity index (χ1v) is 4.46. The van der Waals surface area contributed by atoms with Crippen molar-refractivity contribution in [3.63, 3.8) is 0 Å². The highest BCUT2D eigenvalue weighted by Crippen LogP contribution is 2.21. The van der Waals surface area contributed by atoms with Crippen molar-refractivity contribution in [2.45, 2.75) is 0 Å². The Morgan fingerprint density at radius 3 is 2.88 bits per heavy atom. The smallest absolute Gasteiger partial charge is 0.275 e. The van der Waals surface area contributed by atoms with E-state index < -0.39 is 0 Å². The highest BCUT2D eigenvalue weighted by molar-refractivity contribution is 6.04. The van der Waals surface area contributed by atoms with Gasteiger partial charge in [0.15, 0.2) is 0 Å². The third kappa shape index (κ3) is 1.13. The van der Waals surface area contributed by atoms with E-state index in [2.05, 4.69) is 31.8 Å². The van der Waals surface area contributed by atoms with Crippen LogP contribution in [0.2, 0.25) is 0 Å². The predicted molar refractivity (Wildman–Crippen MR) is 54.4 cm³/mol. The largest absolute Gasteiger partial charge is 0.303 e. The van der Waals surface area contributed by atoms with Crippen LogP contribution in [0.5, 0.6) is 0 Å². The Hall–Kier alpha value is -2.48. The zero-order valence-electron chi connectivity index (χ0n) is 7.87. The number of carbonyl (C=O) groups excluding carboxylic acids is 1. The second-order valence-corrected chi connectivity index (χ2v) is 3.26. The fraction of sp³-hybridized carbons (Fsp3) is 0. The zero-order valence-corrected chi connectivity index (χ0v) is 7.87. The maximum absolute atomic E-state index is 11.5. The number of rotatable bonds is 0. The maximum Gasteiger partial charge on any atom is 0.275 e. The van der Waals surface area contributed by atoms with Crippen molar-refractivity contribution in [1.29, 1.82) is 0 Å². The lowest BCUT2D eigenvalue weighted by Crippen LogP contribution is -2.45. The number of aromatic nitrogens is 3. The van der Waals surface area contributed by atoms with Crippen LogP contribution in [-0.2, 0) is 0 Å². The van der Waals surface area contributed by atoms with Gasteiger partial charge in [0.25, 0.3) is 11.5 Å². The van der Waals surface area contributed by atoms with Crippen molar-refractivity contribution in [2.24, 2.45) is 0 Å². The number of nitrogens with one attached hydrogen (secondary N) is 4. The first kappa shape index (κ1) is 8.80. The summed E-state index contributed by atoms with van der Waals surface area (Å²) >= 11 is 0. The van der Waals surface area contributed by atoms with Gasteiger partial charge in [-0.25, -0.2) is 5.10 Å². The second kappa shape index (κ2) is 3.00. The molecule has 8 heteroatoms. The highest BCUT2D eigenvalue weighted by atomic mass is 16.2. The standard InChI is InChI=1S/C8H6N6O2/c15-7-3-1-5-4(8(16)12-13-9-5)2-6(3)10-14-11-7/h1-2,9,13H,(H,12,16)(H,10,11,15). The summed E-state index contributed by atoms with van der Waals surface area (Å²) in [6.07, 6.45) is 0. The van der Waals surface area contributed by atoms with Crippen LogP contribution < -0.4 is 21.9 Å². The van der Waals surface area contributed by atoms with E-state index in [0.717, 1.165) is 0 Å². The molecule has 0 fully saturated rings. The average Bonchev–Trinajstić information content (AvgIpc) is 2.29. The first-order chi connectivity index (χ1) is 7.75. The molecule has 0 radical (unpaired) electrons. The number of hydrogen-bond donors (Lipinski definition) is 4. The Morgan fingerprint density at radius 1 is 1.12 bits per heavy atom. The molecule has 1 aliphatic heterocycles. The molecule has 80 valence electrons. The van der Waals surface area contributed by atoms with Gasteiger partial charge >= 0.3 is 0 Å². The van der Waals surface area contributed by atoms with Gasteiger partial charge in [0.2, 0.25) is 0 Å². The minimum Gasteiger partial charge on any atom is -0.303 e. The summed E-state index contributed by atoms with van der Waals surface area (Å²) in [7, 11) is 0. The Balaban J connectivity index is 2.39. The van der Waals surface area contributed by atoms with E-state index in [1.807, 2.05) is 0 Å². The number of aromatic amines is 1. The summed E-state index contributed by atoms with van der Waals surface area (Å²) in [5.74, 6) is -0.294. The van der Waals surface area contributed by atoms with Crippen molar-refractivity contribution in [3.05, 3.63) is 28.0 Å². The Labute approximate surface area is 88.0 Å². The number of benzene rings is 1. The number of anilines is 1. The van der Waals surface area contributed by atoms with E-state index in [4.69, 9.17) is 0 Å². The highest BCUT2D eigenvalue weighted by Gasteiger charge is 2.18. The molecule has 1 aromatic carbocycles. The quantitative estimate of drug-likeness (QED) is 0.446. The molecule has 8 nitrogen and oxygen atoms in total. The van der Waals surface area contributed by atoms with E-state index in [1.54, 1.807) is 6.07 Å². The normalized spacial score (nSPS) is 14.1. The minimum atomic E-state index is -0.347. The Morgan fingerprint density at radius 2 is 2.00 bits per heavy atom. The lowest BCUT2D eigenvalue weighted by atomic mass is 10.1. The Kier molecular flexibility index (Phi) is 1.65. The predicted octanol–water partition coefficient (Wildman–Crippen LogP) is -1.11. The van der Waals surface area contributed by atoms with Gasteiger partial charge in [0, 0.05) is 0 Å². The molecule has 0 unspecified atom stereocenters. The third-order valence-corrected chi connectivity index (χ3v) is 2.31. The minimum absolute atomic E-state index is 0.294. The maximum atomic E-state index is 11.5. The van der Waals surface area contributed by atoms with Crippen LogP contribution in [0.15, 0.2) is 16.9 Å². The van der Waals surface area contributed by atoms with Crippen molar-refractivity contribution in [1.82, 2.24) is 26.4 Å². The van der Waals surface area contributed by atoms with Gasteiger partial charge in [0.1, 0.15) is 5.52 Å². The number of H-pyrrole nitrogens is 1. The van der Waals surface area contributed by atoms with Gasteiger partial charge in [-0.05, 0) is 12.1 Å². The lowest BCUT2D eigenvalue weighted by molar-refractivity contribution is 0.0932. The van der Waals surface area contributed by atoms with Crippen LogP contribution in [0, 0.1) is 0 Å². The average molecular weight is 218 g/mol. The number of nitrogens with zero attached hydrogens (tertiary/aromatic N) is 2. The zero-order chi connectivity index (χ0) is 11.1. The van der Waals surface area contributed by atoms with Crippen molar-refractivity contribution in [3.8, 4) is 0 Å². The molecule has 0 atom stereocenters. The van der Waals surface area contributed by atoms with E-state index >= 15 is 0 Å². The molecule has 1 aliphatic rings. The van der Waals surface area contributed by atoms with Gasteiger partial charge in [-0.3, -0.25) is 15.0 Å². The van der Waals surface area contributed by atoms with Crippen LogP contribution in [0.4, 0.5) is 5.69 Å². The van der Waals surface area contributed by atoms with E-state index in [1.165, 1.54) is 6.07 Å². The number of hydrazine groups is 2. The summed E-state index contributed by atoms with van der Waals surface area (Å²) in [5.41, 5.74) is 8.55. The number of carbonyl (C=O) groups is 1. The SMILES string of the molecule is O=C1NNNc2cc3c(=O)[nH]nnc3cc21. The Bertz CT molecular complexity index is 649. The number of hydrogen-bond acceptors (Lipinski definition) is 6. The van der Waals surface area contributed by atoms with Crippen molar-refractivity contribution >= 4 is 22.5 Å². The topological polar surface area (TPSA) is 112 Å². The molecule has 0 aliphatic carbocycles. The van der Waals surface area contributed by atoms with Crippen LogP contribution in [0.3, 0.4) is 0 Å². The van der Waals surface area contributed by atoms with Gasteiger partial charge in [-0.2, -0.15) is 0 Å². The molecule has 1 amide bonds. The molecule has 0 bridgehead atoms. The van der Waals surface area contributed by atoms with Gasteiger partial charge < -0.3 is 5.43 Å². The molecule has 16 heavy (non-hydrogen) atoms. The molecule has 1 aromatic heterocycles. The number of fused-ring (bicyclic) bond motifs is 2. The second-order valence-electron chi connectivity index (χ2n) is 3.26. The molecule has 4 N–H and O–H groups in total. The third-order valence-electron chi connectivity index (χ3n) is 2.31. The summed E-state index contributed by atoms with van der Waals surface area (Å²) in [4.78, 5) is 22.9. The summed E-state index contributed by atoms with van der Waals surface area (Å²) in [6, 6.07) is 3.06. The lowest BCUT2D eigenvalue weighted by Gasteiger charge is -2.19. The van der Waals surface area contributed by atoms with Gasteiger partial charge in [0.05, 0.1) is 16.6 Å². The molecule has 3 rings (SSSR count). The van der Waals surface area contributed by atoms with E-state index in [0.29, 0.717) is 22.2 Å². The molecule has 2 heterocycles. The first-order valence-electron chi connectivity index (χ1n) is 4.46. The molecule has 0 saturated heterocycles. The molecular weight excluding hydrogens is 212 g/mol. The summed E-state index contributed by atoms with van der Waals surface area (Å²) < 4.78 is 0. The van der Waals surface area contributed by atoms with Crippen LogP contribution in [0.25, 0.3) is 10.9 Å². The fourth-order valence-electron chi connectivity index (χ4n) is 1.55. The van der Waals surface area contributed by atoms with Gasteiger partial charge in [-0.15, -0.1) is 10.6 Å². The van der Waals surface area contributed by atoms with Gasteiger partial charge in [-0.1, -0.05) is 5.21 Å². The monoisotopic (exact) mass is 218 g/mol. The summed E-state index contributed by atoms with van der Waals surface area (Å²) in [6.45, 7) is 0. The van der Waals surface area contributed by atoms with Crippen molar-refractivity contribution < 1.29 is 4.79 Å². The summed E-state index contributed by atoms with van der Waals surface area (Å²) in [5, 5.41) is 9.78.